The van der Waals surface area contributed by atoms with Crippen LogP contribution in [-0.2, 0) is 11.8 Å². The van der Waals surface area contributed by atoms with Crippen LogP contribution in [-0.4, -0.2) is 17.2 Å². The molecule has 0 saturated heterocycles. The third kappa shape index (κ3) is 4.05. The number of hydrogen-bond acceptors (Lipinski definition) is 4. The Kier molecular flexibility index (Phi) is 5.07. The Morgan fingerprint density at radius 2 is 2.10 bits per heavy atom. The third-order valence-corrected chi connectivity index (χ3v) is 4.74. The normalized spacial score (nSPS) is 13.2. The van der Waals surface area contributed by atoms with Crippen LogP contribution in [0, 0.1) is 0 Å². The Morgan fingerprint density at radius 1 is 1.38 bits per heavy atom. The summed E-state index contributed by atoms with van der Waals surface area (Å²) in [6.07, 6.45) is -0.0364. The van der Waals surface area contributed by atoms with Gasteiger partial charge in [-0.05, 0) is 33.6 Å². The van der Waals surface area contributed by atoms with E-state index in [2.05, 4.69) is 47.1 Å². The van der Waals surface area contributed by atoms with Crippen molar-refractivity contribution < 1.29 is 9.84 Å². The molecule has 3 nitrogen and oxygen atoms in total. The summed E-state index contributed by atoms with van der Waals surface area (Å²) in [5, 5.41) is 13.4. The highest BCUT2D eigenvalue weighted by atomic mass is 79.9. The van der Waals surface area contributed by atoms with E-state index in [4.69, 9.17) is 4.74 Å². The standard InChI is InChI=1S/C16H20BrNO2S/c1-16(2,3)14-9-21-15(18-14)8-12(19)10-5-6-13(20-4)11(17)7-10/h5-7,9,12,19H,8H2,1-4H3. The minimum atomic E-state index is -0.564. The lowest BCUT2D eigenvalue weighted by molar-refractivity contribution is 0.178. The van der Waals surface area contributed by atoms with E-state index in [9.17, 15) is 5.11 Å². The molecule has 0 bridgehead atoms. The molecule has 0 amide bonds. The van der Waals surface area contributed by atoms with Gasteiger partial charge in [0.15, 0.2) is 0 Å². The summed E-state index contributed by atoms with van der Waals surface area (Å²) in [6, 6.07) is 5.62. The number of aromatic nitrogens is 1. The summed E-state index contributed by atoms with van der Waals surface area (Å²) in [5.74, 6) is 0.759. The summed E-state index contributed by atoms with van der Waals surface area (Å²) in [5.41, 5.74) is 1.98. The molecule has 2 rings (SSSR count). The van der Waals surface area contributed by atoms with E-state index in [0.29, 0.717) is 6.42 Å². The fourth-order valence-electron chi connectivity index (χ4n) is 1.92. The van der Waals surface area contributed by atoms with Gasteiger partial charge in [0.1, 0.15) is 5.75 Å². The molecule has 0 saturated carbocycles. The molecule has 0 aliphatic carbocycles. The first-order chi connectivity index (χ1) is 9.81. The summed E-state index contributed by atoms with van der Waals surface area (Å²) >= 11 is 5.05. The van der Waals surface area contributed by atoms with Crippen LogP contribution in [0.15, 0.2) is 28.1 Å². The summed E-state index contributed by atoms with van der Waals surface area (Å²) in [6.45, 7) is 6.43. The zero-order chi connectivity index (χ0) is 15.6. The van der Waals surface area contributed by atoms with Crippen molar-refractivity contribution >= 4 is 27.3 Å². The molecular formula is C16H20BrNO2S. The van der Waals surface area contributed by atoms with Crippen LogP contribution in [0.25, 0.3) is 0 Å². The maximum absolute atomic E-state index is 10.4. The zero-order valence-electron chi connectivity index (χ0n) is 12.7. The van der Waals surface area contributed by atoms with Gasteiger partial charge in [-0.15, -0.1) is 11.3 Å². The molecule has 0 spiro atoms. The highest BCUT2D eigenvalue weighted by Gasteiger charge is 2.19. The lowest BCUT2D eigenvalue weighted by Gasteiger charge is -2.14. The number of halogens is 1. The van der Waals surface area contributed by atoms with E-state index < -0.39 is 6.10 Å². The number of ether oxygens (including phenoxy) is 1. The molecule has 5 heteroatoms. The minimum Gasteiger partial charge on any atom is -0.496 e. The quantitative estimate of drug-likeness (QED) is 0.863. The van der Waals surface area contributed by atoms with Gasteiger partial charge in [0.05, 0.1) is 28.4 Å². The number of methoxy groups -OCH3 is 1. The number of nitrogens with zero attached hydrogens (tertiary/aromatic N) is 1. The highest BCUT2D eigenvalue weighted by molar-refractivity contribution is 9.10. The summed E-state index contributed by atoms with van der Waals surface area (Å²) < 4.78 is 6.04. The van der Waals surface area contributed by atoms with Gasteiger partial charge in [-0.2, -0.15) is 0 Å². The zero-order valence-corrected chi connectivity index (χ0v) is 15.1. The smallest absolute Gasteiger partial charge is 0.133 e. The Balaban J connectivity index is 2.12. The second-order valence-electron chi connectivity index (χ2n) is 5.99. The first-order valence-corrected chi connectivity index (χ1v) is 8.45. The molecule has 1 unspecified atom stereocenters. The molecule has 1 aromatic heterocycles. The maximum Gasteiger partial charge on any atom is 0.133 e. The molecule has 1 N–H and O–H groups in total. The first kappa shape index (κ1) is 16.5. The average Bonchev–Trinajstić information content (AvgIpc) is 2.87. The molecule has 114 valence electrons. The van der Waals surface area contributed by atoms with E-state index in [1.165, 1.54) is 0 Å². The molecule has 0 radical (unpaired) electrons. The number of aliphatic hydroxyl groups is 1. The first-order valence-electron chi connectivity index (χ1n) is 6.77. The van der Waals surface area contributed by atoms with Crippen LogP contribution in [0.4, 0.5) is 0 Å². The molecule has 0 aliphatic heterocycles. The third-order valence-electron chi connectivity index (χ3n) is 3.25. The Hall–Kier alpha value is -0.910. The summed E-state index contributed by atoms with van der Waals surface area (Å²) in [4.78, 5) is 4.63. The van der Waals surface area contributed by atoms with Crippen molar-refractivity contribution in [2.24, 2.45) is 0 Å². The fraction of sp³-hybridized carbons (Fsp3) is 0.438. The van der Waals surface area contributed by atoms with Crippen LogP contribution < -0.4 is 4.74 Å². The number of rotatable bonds is 4. The topological polar surface area (TPSA) is 42.4 Å². The van der Waals surface area contributed by atoms with Crippen molar-refractivity contribution in [3.8, 4) is 5.75 Å². The van der Waals surface area contributed by atoms with Gasteiger partial charge in [-0.3, -0.25) is 0 Å². The molecule has 1 aromatic carbocycles. The van der Waals surface area contributed by atoms with Crippen molar-refractivity contribution in [3.05, 3.63) is 44.3 Å². The molecule has 0 fully saturated rings. The maximum atomic E-state index is 10.4. The van der Waals surface area contributed by atoms with Crippen molar-refractivity contribution in [3.63, 3.8) is 0 Å². The van der Waals surface area contributed by atoms with Crippen LogP contribution in [0.2, 0.25) is 0 Å². The van der Waals surface area contributed by atoms with Crippen molar-refractivity contribution in [2.45, 2.75) is 38.7 Å². The second kappa shape index (κ2) is 6.46. The predicted molar refractivity (Wildman–Crippen MR) is 90.2 cm³/mol. The van der Waals surface area contributed by atoms with Crippen LogP contribution in [0.3, 0.4) is 0 Å². The lowest BCUT2D eigenvalue weighted by Crippen LogP contribution is -2.12. The van der Waals surface area contributed by atoms with Gasteiger partial charge in [-0.1, -0.05) is 26.8 Å². The highest BCUT2D eigenvalue weighted by Crippen LogP contribution is 2.30. The lowest BCUT2D eigenvalue weighted by atomic mass is 9.93. The Morgan fingerprint density at radius 3 is 2.62 bits per heavy atom. The number of aliphatic hydroxyl groups excluding tert-OH is 1. The van der Waals surface area contributed by atoms with Crippen LogP contribution >= 0.6 is 27.3 Å². The average molecular weight is 370 g/mol. The molecule has 1 atom stereocenters. The largest absolute Gasteiger partial charge is 0.496 e. The van der Waals surface area contributed by atoms with E-state index in [1.807, 2.05) is 18.2 Å². The fourth-order valence-corrected chi connectivity index (χ4v) is 3.54. The number of hydrogen-bond donors (Lipinski definition) is 1. The monoisotopic (exact) mass is 369 g/mol. The van der Waals surface area contributed by atoms with E-state index >= 15 is 0 Å². The van der Waals surface area contributed by atoms with E-state index in [1.54, 1.807) is 18.4 Å². The second-order valence-corrected chi connectivity index (χ2v) is 7.79. The molecule has 21 heavy (non-hydrogen) atoms. The van der Waals surface area contributed by atoms with Crippen LogP contribution in [0.1, 0.15) is 43.1 Å². The predicted octanol–water partition coefficient (Wildman–Crippen LogP) is 4.49. The molecule has 1 heterocycles. The Bertz CT molecular complexity index is 619. The number of thiazole rings is 1. The molecule has 0 aliphatic rings. The van der Waals surface area contributed by atoms with Gasteiger partial charge >= 0.3 is 0 Å². The van der Waals surface area contributed by atoms with Crippen molar-refractivity contribution in [1.29, 1.82) is 0 Å². The van der Waals surface area contributed by atoms with Gasteiger partial charge in [-0.25, -0.2) is 4.98 Å². The SMILES string of the molecule is COc1ccc(C(O)Cc2nc(C(C)(C)C)cs2)cc1Br. The van der Waals surface area contributed by atoms with Crippen molar-refractivity contribution in [1.82, 2.24) is 4.98 Å². The van der Waals surface area contributed by atoms with Gasteiger partial charge in [0.25, 0.3) is 0 Å². The van der Waals surface area contributed by atoms with Crippen LogP contribution in [0.5, 0.6) is 5.75 Å². The molecular weight excluding hydrogens is 350 g/mol. The van der Waals surface area contributed by atoms with Gasteiger partial charge < -0.3 is 9.84 Å². The molecule has 2 aromatic rings. The van der Waals surface area contributed by atoms with Gasteiger partial charge in [0.2, 0.25) is 0 Å². The summed E-state index contributed by atoms with van der Waals surface area (Å²) in [7, 11) is 1.62. The number of benzene rings is 1. The minimum absolute atomic E-state index is 0.0445. The van der Waals surface area contributed by atoms with Gasteiger partial charge in [0, 0.05) is 17.2 Å². The van der Waals surface area contributed by atoms with Crippen molar-refractivity contribution in [2.75, 3.05) is 7.11 Å². The van der Waals surface area contributed by atoms with E-state index in [0.717, 1.165) is 26.5 Å². The Labute approximate surface area is 138 Å². The van der Waals surface area contributed by atoms with E-state index in [-0.39, 0.29) is 5.41 Å².